The van der Waals surface area contributed by atoms with E-state index in [9.17, 15) is 24.3 Å². The van der Waals surface area contributed by atoms with Gasteiger partial charge in [-0.15, -0.1) is 0 Å². The molecular formula is C15H27N3O6S. The summed E-state index contributed by atoms with van der Waals surface area (Å²) in [5.74, 6) is -3.74. The molecule has 0 aliphatic carbocycles. The van der Waals surface area contributed by atoms with Crippen LogP contribution in [0.3, 0.4) is 0 Å². The van der Waals surface area contributed by atoms with E-state index in [2.05, 4.69) is 10.6 Å². The van der Waals surface area contributed by atoms with Gasteiger partial charge in [-0.2, -0.15) is 11.8 Å². The summed E-state index contributed by atoms with van der Waals surface area (Å²) in [6, 6.07) is -3.44. The zero-order chi connectivity index (χ0) is 19.6. The Morgan fingerprint density at radius 1 is 1.12 bits per heavy atom. The van der Waals surface area contributed by atoms with E-state index in [1.165, 1.54) is 11.8 Å². The van der Waals surface area contributed by atoms with E-state index >= 15 is 0 Å². The van der Waals surface area contributed by atoms with Gasteiger partial charge in [0.2, 0.25) is 11.8 Å². The molecule has 0 fully saturated rings. The van der Waals surface area contributed by atoms with Crippen molar-refractivity contribution in [2.75, 3.05) is 12.0 Å². The summed E-state index contributed by atoms with van der Waals surface area (Å²) in [4.78, 5) is 46.6. The van der Waals surface area contributed by atoms with Gasteiger partial charge in [0.15, 0.2) is 0 Å². The number of amides is 2. The summed E-state index contributed by atoms with van der Waals surface area (Å²) in [6.07, 6.45) is 2.07. The quantitative estimate of drug-likeness (QED) is 0.308. The number of rotatable bonds is 12. The molecular weight excluding hydrogens is 350 g/mol. The first kappa shape index (κ1) is 23.2. The second-order valence-corrected chi connectivity index (χ2v) is 6.74. The van der Waals surface area contributed by atoms with Crippen molar-refractivity contribution >= 4 is 35.5 Å². The minimum atomic E-state index is -1.39. The van der Waals surface area contributed by atoms with Crippen molar-refractivity contribution < 1.29 is 29.4 Å². The molecule has 0 unspecified atom stereocenters. The average Bonchev–Trinajstić information content (AvgIpc) is 2.54. The van der Waals surface area contributed by atoms with E-state index in [4.69, 9.17) is 10.8 Å². The van der Waals surface area contributed by atoms with Crippen molar-refractivity contribution in [3.63, 3.8) is 0 Å². The summed E-state index contributed by atoms with van der Waals surface area (Å²) in [6.45, 7) is 3.43. The lowest BCUT2D eigenvalue weighted by Gasteiger charge is -2.24. The molecule has 6 N–H and O–H groups in total. The molecule has 10 heteroatoms. The molecule has 9 nitrogen and oxygen atoms in total. The van der Waals surface area contributed by atoms with Crippen molar-refractivity contribution in [3.05, 3.63) is 0 Å². The molecule has 0 aliphatic heterocycles. The van der Waals surface area contributed by atoms with E-state index in [1.807, 2.05) is 6.26 Å². The predicted molar refractivity (Wildman–Crippen MR) is 94.2 cm³/mol. The highest BCUT2D eigenvalue weighted by molar-refractivity contribution is 7.98. The first-order valence-electron chi connectivity index (χ1n) is 7.93. The molecule has 144 valence electrons. The molecule has 25 heavy (non-hydrogen) atoms. The smallest absolute Gasteiger partial charge is 0.326 e. The van der Waals surface area contributed by atoms with E-state index in [0.29, 0.717) is 18.6 Å². The number of carboxylic acid groups (broad SMARTS) is 2. The normalized spacial score (nSPS) is 15.5. The van der Waals surface area contributed by atoms with Gasteiger partial charge in [-0.25, -0.2) is 4.79 Å². The number of carbonyl (C=O) groups is 4. The fraction of sp³-hybridized carbons (Fsp3) is 0.733. The molecule has 0 aromatic heterocycles. The summed E-state index contributed by atoms with van der Waals surface area (Å²) >= 11 is 1.50. The molecule has 0 spiro atoms. The van der Waals surface area contributed by atoms with Crippen LogP contribution in [0.5, 0.6) is 0 Å². The zero-order valence-corrected chi connectivity index (χ0v) is 15.5. The van der Waals surface area contributed by atoms with Crippen LogP contribution in [-0.2, 0) is 19.2 Å². The van der Waals surface area contributed by atoms with Crippen molar-refractivity contribution in [2.24, 2.45) is 11.7 Å². The van der Waals surface area contributed by atoms with Gasteiger partial charge >= 0.3 is 11.9 Å². The molecule has 0 saturated carbocycles. The number of nitrogens with one attached hydrogen (secondary N) is 2. The highest BCUT2D eigenvalue weighted by Crippen LogP contribution is 2.09. The Labute approximate surface area is 151 Å². The monoisotopic (exact) mass is 377 g/mol. The highest BCUT2D eigenvalue weighted by atomic mass is 32.2. The Balaban J connectivity index is 5.05. The summed E-state index contributed by atoms with van der Waals surface area (Å²) in [7, 11) is 0. The van der Waals surface area contributed by atoms with E-state index in [0.717, 1.165) is 0 Å². The second-order valence-electron chi connectivity index (χ2n) is 5.76. The number of hydrogen-bond acceptors (Lipinski definition) is 6. The fourth-order valence-corrected chi connectivity index (χ4v) is 2.47. The Morgan fingerprint density at radius 2 is 1.72 bits per heavy atom. The van der Waals surface area contributed by atoms with Crippen LogP contribution in [0.1, 0.15) is 33.1 Å². The SMILES string of the molecule is CC[C@H](C)[C@H](NC(=O)[C@H](CC(=O)O)NC(=O)[C@@H](N)CCSC)C(=O)O. The van der Waals surface area contributed by atoms with Crippen molar-refractivity contribution in [1.82, 2.24) is 10.6 Å². The van der Waals surface area contributed by atoms with Gasteiger partial charge in [0.1, 0.15) is 12.1 Å². The second kappa shape index (κ2) is 11.7. The van der Waals surface area contributed by atoms with Crippen LogP contribution in [0.15, 0.2) is 0 Å². The summed E-state index contributed by atoms with van der Waals surface area (Å²) in [5, 5.41) is 22.8. The van der Waals surface area contributed by atoms with Gasteiger partial charge in [0.25, 0.3) is 0 Å². The number of thioether (sulfide) groups is 1. The molecule has 0 saturated heterocycles. The standard InChI is InChI=1S/C15H27N3O6S/c1-4-8(2)12(15(23)24)18-14(22)10(7-11(19)20)17-13(21)9(16)5-6-25-3/h8-10,12H,4-7,16H2,1-3H3,(H,17,21)(H,18,22)(H,19,20)(H,23,24)/t8-,9-,10-,12-/m0/s1. The van der Waals surface area contributed by atoms with Gasteiger partial charge in [-0.3, -0.25) is 14.4 Å². The minimum absolute atomic E-state index is 0.355. The third-order valence-electron chi connectivity index (χ3n) is 3.76. The zero-order valence-electron chi connectivity index (χ0n) is 14.7. The maximum atomic E-state index is 12.3. The number of carboxylic acids is 2. The first-order chi connectivity index (χ1) is 11.6. The third kappa shape index (κ3) is 8.73. The van der Waals surface area contributed by atoms with Crippen molar-refractivity contribution in [1.29, 1.82) is 0 Å². The molecule has 0 aliphatic rings. The predicted octanol–water partition coefficient (Wildman–Crippen LogP) is -0.358. The Morgan fingerprint density at radius 3 is 2.16 bits per heavy atom. The molecule has 0 aromatic carbocycles. The number of carbonyl (C=O) groups excluding carboxylic acids is 2. The van der Waals surface area contributed by atoms with Crippen LogP contribution in [0.2, 0.25) is 0 Å². The van der Waals surface area contributed by atoms with Gasteiger partial charge in [0, 0.05) is 0 Å². The largest absolute Gasteiger partial charge is 0.481 e. The van der Waals surface area contributed by atoms with Gasteiger partial charge in [0.05, 0.1) is 12.5 Å². The van der Waals surface area contributed by atoms with Gasteiger partial charge in [-0.1, -0.05) is 20.3 Å². The maximum Gasteiger partial charge on any atom is 0.326 e. The number of hydrogen-bond donors (Lipinski definition) is 5. The maximum absolute atomic E-state index is 12.3. The Bertz CT molecular complexity index is 488. The van der Waals surface area contributed by atoms with Crippen LogP contribution in [0.4, 0.5) is 0 Å². The van der Waals surface area contributed by atoms with Crippen molar-refractivity contribution in [2.45, 2.75) is 51.2 Å². The van der Waals surface area contributed by atoms with Crippen LogP contribution in [0.25, 0.3) is 0 Å². The lowest BCUT2D eigenvalue weighted by Crippen LogP contribution is -2.56. The average molecular weight is 377 g/mol. The van der Waals surface area contributed by atoms with E-state index < -0.39 is 48.3 Å². The van der Waals surface area contributed by atoms with Crippen LogP contribution in [0, 0.1) is 5.92 Å². The summed E-state index contributed by atoms with van der Waals surface area (Å²) in [5.41, 5.74) is 5.70. The van der Waals surface area contributed by atoms with E-state index in [-0.39, 0.29) is 5.92 Å². The molecule has 0 bridgehead atoms. The molecule has 4 atom stereocenters. The van der Waals surface area contributed by atoms with Crippen LogP contribution >= 0.6 is 11.8 Å². The molecule has 0 aromatic rings. The lowest BCUT2D eigenvalue weighted by molar-refractivity contribution is -0.144. The minimum Gasteiger partial charge on any atom is -0.481 e. The Kier molecular flexibility index (Phi) is 10.8. The number of nitrogens with two attached hydrogens (primary N) is 1. The molecule has 0 rings (SSSR count). The molecule has 0 radical (unpaired) electrons. The molecule has 0 heterocycles. The van der Waals surface area contributed by atoms with Gasteiger partial charge < -0.3 is 26.6 Å². The van der Waals surface area contributed by atoms with Crippen LogP contribution in [-0.4, -0.2) is 64.1 Å². The lowest BCUT2D eigenvalue weighted by atomic mass is 9.98. The van der Waals surface area contributed by atoms with Crippen molar-refractivity contribution in [3.8, 4) is 0 Å². The summed E-state index contributed by atoms with van der Waals surface area (Å²) < 4.78 is 0. The Hall–Kier alpha value is -1.81. The fourth-order valence-electron chi connectivity index (χ4n) is 1.98. The van der Waals surface area contributed by atoms with Gasteiger partial charge in [-0.05, 0) is 24.3 Å². The first-order valence-corrected chi connectivity index (χ1v) is 9.33. The van der Waals surface area contributed by atoms with E-state index in [1.54, 1.807) is 13.8 Å². The third-order valence-corrected chi connectivity index (χ3v) is 4.40. The topological polar surface area (TPSA) is 159 Å². The van der Waals surface area contributed by atoms with Crippen LogP contribution < -0.4 is 16.4 Å². The number of aliphatic carboxylic acids is 2. The molecule has 2 amide bonds. The highest BCUT2D eigenvalue weighted by Gasteiger charge is 2.31.